The quantitative estimate of drug-likeness (QED) is 0.429. The average Bonchev–Trinajstić information content (AvgIpc) is 3.42. The number of methoxy groups -OCH3 is 1. The molecule has 0 aliphatic rings. The van der Waals surface area contributed by atoms with E-state index in [1.807, 2.05) is 30.0 Å². The van der Waals surface area contributed by atoms with Gasteiger partial charge < -0.3 is 14.6 Å². The van der Waals surface area contributed by atoms with E-state index >= 15 is 0 Å². The van der Waals surface area contributed by atoms with Gasteiger partial charge >= 0.3 is 5.97 Å². The first-order valence-electron chi connectivity index (χ1n) is 8.56. The van der Waals surface area contributed by atoms with Gasteiger partial charge in [0.25, 0.3) is 0 Å². The molecular weight excluding hydrogens is 416 g/mol. The molecule has 0 fully saturated rings. The van der Waals surface area contributed by atoms with E-state index in [1.165, 1.54) is 35.1 Å². The maximum absolute atomic E-state index is 12.4. The third-order valence-corrected chi connectivity index (χ3v) is 7.05. The Morgan fingerprint density at radius 1 is 1.32 bits per heavy atom. The van der Waals surface area contributed by atoms with Crippen molar-refractivity contribution in [3.8, 4) is 0 Å². The van der Waals surface area contributed by atoms with Crippen molar-refractivity contribution in [3.63, 3.8) is 0 Å². The molecule has 0 aliphatic heterocycles. The average molecular weight is 437 g/mol. The molecule has 3 aromatic rings. The lowest BCUT2D eigenvalue weighted by atomic mass is 10.2. The second-order valence-electron chi connectivity index (χ2n) is 5.85. The maximum atomic E-state index is 12.4. The number of nitrogens with one attached hydrogen (secondary N) is 1. The van der Waals surface area contributed by atoms with Gasteiger partial charge in [-0.3, -0.25) is 4.79 Å². The van der Waals surface area contributed by atoms with E-state index in [9.17, 15) is 9.59 Å². The molecule has 7 nitrogen and oxygen atoms in total. The molecule has 0 saturated heterocycles. The van der Waals surface area contributed by atoms with E-state index in [1.54, 1.807) is 17.4 Å². The summed E-state index contributed by atoms with van der Waals surface area (Å²) >= 11 is 4.37. The highest BCUT2D eigenvalue weighted by Gasteiger charge is 2.19. The Hall–Kier alpha value is -2.17. The van der Waals surface area contributed by atoms with Crippen LogP contribution in [0.1, 0.15) is 32.9 Å². The molecule has 28 heavy (non-hydrogen) atoms. The van der Waals surface area contributed by atoms with Crippen LogP contribution in [0.2, 0.25) is 0 Å². The standard InChI is InChI=1S/C18H20N4O3S3/c1-4-11-8-13(17(24)25-3)16(28-11)19-15(23)10-27-18-21-20-14(22(18)2)9-12-6-5-7-26-12/h5-8H,4,9-10H2,1-3H3,(H,19,23). The Bertz CT molecular complexity index is 963. The summed E-state index contributed by atoms with van der Waals surface area (Å²) in [6, 6.07) is 5.83. The van der Waals surface area contributed by atoms with E-state index in [0.717, 1.165) is 17.1 Å². The van der Waals surface area contributed by atoms with Gasteiger partial charge in [0.05, 0.1) is 18.4 Å². The number of ether oxygens (including phenoxy) is 1. The number of aromatic nitrogens is 3. The maximum Gasteiger partial charge on any atom is 0.340 e. The van der Waals surface area contributed by atoms with E-state index < -0.39 is 5.97 Å². The molecule has 1 N–H and O–H groups in total. The van der Waals surface area contributed by atoms with Crippen molar-refractivity contribution in [1.82, 2.24) is 14.8 Å². The molecule has 3 aromatic heterocycles. The van der Waals surface area contributed by atoms with Crippen LogP contribution in [-0.2, 0) is 29.4 Å². The van der Waals surface area contributed by atoms with Crippen LogP contribution in [0, 0.1) is 0 Å². The van der Waals surface area contributed by atoms with Crippen molar-refractivity contribution < 1.29 is 14.3 Å². The monoisotopic (exact) mass is 436 g/mol. The molecular formula is C18H20N4O3S3. The smallest absolute Gasteiger partial charge is 0.340 e. The topological polar surface area (TPSA) is 86.1 Å². The normalized spacial score (nSPS) is 10.8. The van der Waals surface area contributed by atoms with Crippen LogP contribution in [-0.4, -0.2) is 39.5 Å². The molecule has 0 bridgehead atoms. The number of thioether (sulfide) groups is 1. The molecule has 1 amide bonds. The first kappa shape index (κ1) is 20.6. The van der Waals surface area contributed by atoms with Crippen LogP contribution in [0.15, 0.2) is 28.7 Å². The Kier molecular flexibility index (Phi) is 6.87. The minimum absolute atomic E-state index is 0.172. The van der Waals surface area contributed by atoms with Gasteiger partial charge in [0.2, 0.25) is 5.91 Å². The first-order valence-corrected chi connectivity index (χ1v) is 11.2. The number of esters is 1. The van der Waals surface area contributed by atoms with Crippen LogP contribution < -0.4 is 5.32 Å². The van der Waals surface area contributed by atoms with E-state index in [2.05, 4.69) is 21.6 Å². The van der Waals surface area contributed by atoms with Crippen LogP contribution in [0.3, 0.4) is 0 Å². The van der Waals surface area contributed by atoms with Crippen molar-refractivity contribution in [3.05, 3.63) is 44.7 Å². The number of rotatable bonds is 8. The summed E-state index contributed by atoms with van der Waals surface area (Å²) < 4.78 is 6.70. The summed E-state index contributed by atoms with van der Waals surface area (Å²) in [5, 5.41) is 14.4. The Morgan fingerprint density at radius 3 is 2.82 bits per heavy atom. The second-order valence-corrected chi connectivity index (χ2v) is 8.96. The van der Waals surface area contributed by atoms with E-state index in [4.69, 9.17) is 4.74 Å². The zero-order valence-corrected chi connectivity index (χ0v) is 18.2. The van der Waals surface area contributed by atoms with Gasteiger partial charge in [0.15, 0.2) is 5.16 Å². The highest BCUT2D eigenvalue weighted by molar-refractivity contribution is 7.99. The van der Waals surface area contributed by atoms with Gasteiger partial charge in [-0.05, 0) is 23.9 Å². The molecule has 10 heteroatoms. The molecule has 0 atom stereocenters. The molecule has 0 unspecified atom stereocenters. The molecule has 3 rings (SSSR count). The number of hydrogen-bond donors (Lipinski definition) is 1. The molecule has 0 saturated carbocycles. The van der Waals surface area contributed by atoms with Gasteiger partial charge in [-0.1, -0.05) is 24.8 Å². The van der Waals surface area contributed by atoms with Crippen LogP contribution in [0.5, 0.6) is 0 Å². The molecule has 3 heterocycles. The first-order chi connectivity index (χ1) is 13.5. The SMILES string of the molecule is CCc1cc(C(=O)OC)c(NC(=O)CSc2nnc(Cc3cccs3)n2C)s1. The second kappa shape index (κ2) is 9.35. The highest BCUT2D eigenvalue weighted by Crippen LogP contribution is 2.29. The van der Waals surface area contributed by atoms with Gasteiger partial charge in [0.1, 0.15) is 10.8 Å². The van der Waals surface area contributed by atoms with Gasteiger partial charge in [-0.25, -0.2) is 4.79 Å². The number of amides is 1. The van der Waals surface area contributed by atoms with Crippen molar-refractivity contribution in [2.24, 2.45) is 7.05 Å². The Morgan fingerprint density at radius 2 is 2.14 bits per heavy atom. The third kappa shape index (κ3) is 4.81. The summed E-state index contributed by atoms with van der Waals surface area (Å²) in [7, 11) is 3.22. The fourth-order valence-corrected chi connectivity index (χ4v) is 4.89. The van der Waals surface area contributed by atoms with Crippen molar-refractivity contribution in [2.75, 3.05) is 18.2 Å². The predicted octanol–water partition coefficient (Wildman–Crippen LogP) is 3.61. The molecule has 0 spiro atoms. The summed E-state index contributed by atoms with van der Waals surface area (Å²) in [6.07, 6.45) is 1.50. The van der Waals surface area contributed by atoms with Crippen molar-refractivity contribution in [1.29, 1.82) is 0 Å². The van der Waals surface area contributed by atoms with Gasteiger partial charge in [0, 0.05) is 23.2 Å². The summed E-state index contributed by atoms with van der Waals surface area (Å²) in [4.78, 5) is 26.5. The highest BCUT2D eigenvalue weighted by atomic mass is 32.2. The van der Waals surface area contributed by atoms with Gasteiger partial charge in [-0.15, -0.1) is 32.9 Å². The Labute approximate surface area is 175 Å². The number of hydrogen-bond acceptors (Lipinski definition) is 8. The summed E-state index contributed by atoms with van der Waals surface area (Å²) in [5.74, 6) is 0.363. The number of anilines is 1. The molecule has 0 aromatic carbocycles. The zero-order chi connectivity index (χ0) is 20.1. The summed E-state index contributed by atoms with van der Waals surface area (Å²) in [6.45, 7) is 2.00. The van der Waals surface area contributed by atoms with Crippen LogP contribution in [0.25, 0.3) is 0 Å². The van der Waals surface area contributed by atoms with Crippen LogP contribution >= 0.6 is 34.4 Å². The fraction of sp³-hybridized carbons (Fsp3) is 0.333. The minimum Gasteiger partial charge on any atom is -0.465 e. The predicted molar refractivity (Wildman–Crippen MR) is 113 cm³/mol. The number of nitrogens with zero attached hydrogens (tertiary/aromatic N) is 3. The number of carbonyl (C=O) groups excluding carboxylic acids is 2. The van der Waals surface area contributed by atoms with E-state index in [0.29, 0.717) is 22.1 Å². The van der Waals surface area contributed by atoms with Crippen molar-refractivity contribution in [2.45, 2.75) is 24.9 Å². The fourth-order valence-electron chi connectivity index (χ4n) is 2.46. The number of carbonyl (C=O) groups is 2. The minimum atomic E-state index is -0.453. The Balaban J connectivity index is 1.61. The van der Waals surface area contributed by atoms with Gasteiger partial charge in [-0.2, -0.15) is 0 Å². The summed E-state index contributed by atoms with van der Waals surface area (Å²) in [5.41, 5.74) is 0.389. The third-order valence-electron chi connectivity index (χ3n) is 3.96. The molecule has 0 radical (unpaired) electrons. The lowest BCUT2D eigenvalue weighted by Crippen LogP contribution is -2.16. The number of aryl methyl sites for hydroxylation is 1. The lowest BCUT2D eigenvalue weighted by molar-refractivity contribution is -0.113. The zero-order valence-electron chi connectivity index (χ0n) is 15.7. The van der Waals surface area contributed by atoms with Crippen molar-refractivity contribution >= 4 is 51.3 Å². The number of thiophene rings is 2. The lowest BCUT2D eigenvalue weighted by Gasteiger charge is -2.05. The molecule has 0 aliphatic carbocycles. The van der Waals surface area contributed by atoms with E-state index in [-0.39, 0.29) is 11.7 Å². The largest absolute Gasteiger partial charge is 0.465 e. The molecule has 148 valence electrons. The van der Waals surface area contributed by atoms with Crippen LogP contribution in [0.4, 0.5) is 5.00 Å².